The number of amides is 1. The zero-order chi connectivity index (χ0) is 19.0. The summed E-state index contributed by atoms with van der Waals surface area (Å²) in [5.41, 5.74) is 0.794. The van der Waals surface area contributed by atoms with E-state index in [0.717, 1.165) is 35.0 Å². The summed E-state index contributed by atoms with van der Waals surface area (Å²) in [5, 5.41) is 3.45. The summed E-state index contributed by atoms with van der Waals surface area (Å²) in [6, 6.07) is 9.08. The fourth-order valence-corrected chi connectivity index (χ4v) is 6.48. The lowest BCUT2D eigenvalue weighted by Gasteiger charge is -2.54. The lowest BCUT2D eigenvalue weighted by molar-refractivity contribution is -0.129. The molecule has 0 aliphatic heterocycles. The van der Waals surface area contributed by atoms with Gasteiger partial charge in [0.1, 0.15) is 5.54 Å². The van der Waals surface area contributed by atoms with Crippen molar-refractivity contribution in [2.75, 3.05) is 0 Å². The first kappa shape index (κ1) is 19.3. The van der Waals surface area contributed by atoms with Gasteiger partial charge < -0.3 is 5.32 Å². The normalized spacial score (nSPS) is 31.9. The number of rotatable bonds is 7. The third kappa shape index (κ3) is 4.22. The molecule has 4 bridgehead atoms. The van der Waals surface area contributed by atoms with Gasteiger partial charge in [-0.1, -0.05) is 25.5 Å². The average molecular weight is 387 g/mol. The minimum atomic E-state index is -0.582. The molecule has 2 N–H and O–H groups in total. The SMILES string of the molecule is CCCc1ccc(SNC(C)(C)C(=O)NC2C3CC4CC(C3)CC2C4)cc1. The largest absolute Gasteiger partial charge is 0.351 e. The summed E-state index contributed by atoms with van der Waals surface area (Å²) in [4.78, 5) is 14.2. The second-order valence-electron chi connectivity index (χ2n) is 9.65. The fraction of sp³-hybridized carbons (Fsp3) is 0.696. The maximum atomic E-state index is 13.0. The first-order valence-corrected chi connectivity index (χ1v) is 11.6. The molecule has 0 radical (unpaired) electrons. The van der Waals surface area contributed by atoms with Crippen LogP contribution >= 0.6 is 11.9 Å². The Bertz CT molecular complexity index is 641. The molecule has 1 aromatic rings. The van der Waals surface area contributed by atoms with Crippen LogP contribution in [0, 0.1) is 23.7 Å². The van der Waals surface area contributed by atoms with Gasteiger partial charge >= 0.3 is 0 Å². The molecule has 148 valence electrons. The highest BCUT2D eigenvalue weighted by Crippen LogP contribution is 2.53. The minimum absolute atomic E-state index is 0.148. The predicted molar refractivity (Wildman–Crippen MR) is 112 cm³/mol. The zero-order valence-corrected chi connectivity index (χ0v) is 17.8. The van der Waals surface area contributed by atoms with Crippen molar-refractivity contribution in [3.05, 3.63) is 29.8 Å². The van der Waals surface area contributed by atoms with Crippen LogP contribution in [0.5, 0.6) is 0 Å². The second kappa shape index (κ2) is 7.79. The highest BCUT2D eigenvalue weighted by atomic mass is 32.2. The monoisotopic (exact) mass is 386 g/mol. The number of nitrogens with one attached hydrogen (secondary N) is 2. The van der Waals surface area contributed by atoms with E-state index < -0.39 is 5.54 Å². The van der Waals surface area contributed by atoms with E-state index in [9.17, 15) is 4.79 Å². The number of hydrogen-bond acceptors (Lipinski definition) is 3. The van der Waals surface area contributed by atoms with Crippen molar-refractivity contribution in [1.29, 1.82) is 0 Å². The average Bonchev–Trinajstić information content (AvgIpc) is 2.63. The highest BCUT2D eigenvalue weighted by Gasteiger charge is 2.49. The van der Waals surface area contributed by atoms with Gasteiger partial charge in [-0.05, 0) is 106 Å². The zero-order valence-electron chi connectivity index (χ0n) is 17.0. The Labute approximate surface area is 168 Å². The van der Waals surface area contributed by atoms with Gasteiger partial charge in [0.2, 0.25) is 5.91 Å². The molecular formula is C23H34N2OS. The maximum absolute atomic E-state index is 13.0. The Hall–Kier alpha value is -1.00. The molecule has 1 aromatic carbocycles. The lowest BCUT2D eigenvalue weighted by atomic mass is 9.54. The van der Waals surface area contributed by atoms with Crippen LogP contribution in [0.4, 0.5) is 0 Å². The van der Waals surface area contributed by atoms with Gasteiger partial charge in [0.25, 0.3) is 0 Å². The van der Waals surface area contributed by atoms with Gasteiger partial charge in [-0.2, -0.15) is 0 Å². The standard InChI is InChI=1S/C23H34N2OS/c1-4-5-15-6-8-20(9-7-15)27-25-23(2,3)22(26)24-21-18-11-16-10-17(13-18)14-19(21)12-16/h6-9,16-19,21,25H,4-5,10-14H2,1-3H3,(H,24,26). The molecule has 5 rings (SSSR count). The molecule has 0 aromatic heterocycles. The van der Waals surface area contributed by atoms with Crippen molar-refractivity contribution in [2.24, 2.45) is 23.7 Å². The van der Waals surface area contributed by atoms with E-state index in [-0.39, 0.29) is 5.91 Å². The fourth-order valence-electron chi connectivity index (χ4n) is 5.74. The van der Waals surface area contributed by atoms with Crippen molar-refractivity contribution in [3.8, 4) is 0 Å². The molecule has 4 aliphatic rings. The van der Waals surface area contributed by atoms with Crippen LogP contribution in [0.25, 0.3) is 0 Å². The van der Waals surface area contributed by atoms with Crippen LogP contribution in [-0.4, -0.2) is 17.5 Å². The Morgan fingerprint density at radius 1 is 1.04 bits per heavy atom. The van der Waals surface area contributed by atoms with Crippen molar-refractivity contribution in [1.82, 2.24) is 10.0 Å². The molecule has 0 heterocycles. The second-order valence-corrected chi connectivity index (χ2v) is 10.5. The summed E-state index contributed by atoms with van der Waals surface area (Å²) >= 11 is 1.56. The predicted octanol–water partition coefficient (Wildman–Crippen LogP) is 4.96. The van der Waals surface area contributed by atoms with E-state index in [1.807, 2.05) is 13.8 Å². The highest BCUT2D eigenvalue weighted by molar-refractivity contribution is 7.97. The van der Waals surface area contributed by atoms with Gasteiger partial charge in [-0.25, -0.2) is 4.72 Å². The van der Waals surface area contributed by atoms with Crippen LogP contribution < -0.4 is 10.0 Å². The van der Waals surface area contributed by atoms with Gasteiger partial charge in [0.05, 0.1) is 0 Å². The Morgan fingerprint density at radius 3 is 2.19 bits per heavy atom. The van der Waals surface area contributed by atoms with E-state index >= 15 is 0 Å². The summed E-state index contributed by atoms with van der Waals surface area (Å²) in [5.74, 6) is 3.48. The summed E-state index contributed by atoms with van der Waals surface area (Å²) in [7, 11) is 0. The minimum Gasteiger partial charge on any atom is -0.351 e. The number of carbonyl (C=O) groups is 1. The van der Waals surface area contributed by atoms with E-state index in [0.29, 0.717) is 6.04 Å². The summed E-state index contributed by atoms with van der Waals surface area (Å²) in [6.07, 6.45) is 9.10. The van der Waals surface area contributed by atoms with Crippen molar-refractivity contribution < 1.29 is 4.79 Å². The smallest absolute Gasteiger partial charge is 0.240 e. The van der Waals surface area contributed by atoms with Gasteiger partial charge in [-0.15, -0.1) is 0 Å². The molecule has 4 fully saturated rings. The molecule has 0 saturated heterocycles. The molecular weight excluding hydrogens is 352 g/mol. The number of aryl methyl sites for hydroxylation is 1. The van der Waals surface area contributed by atoms with Crippen LogP contribution in [0.3, 0.4) is 0 Å². The van der Waals surface area contributed by atoms with Crippen LogP contribution in [0.2, 0.25) is 0 Å². The third-order valence-electron chi connectivity index (χ3n) is 6.98. The Kier molecular flexibility index (Phi) is 5.57. The van der Waals surface area contributed by atoms with E-state index in [1.54, 1.807) is 11.9 Å². The first-order chi connectivity index (χ1) is 12.9. The number of hydrogen-bond donors (Lipinski definition) is 2. The van der Waals surface area contributed by atoms with Crippen molar-refractivity contribution >= 4 is 17.9 Å². The molecule has 0 unspecified atom stereocenters. The van der Waals surface area contributed by atoms with Crippen molar-refractivity contribution in [3.63, 3.8) is 0 Å². The molecule has 4 aliphatic carbocycles. The molecule has 0 spiro atoms. The topological polar surface area (TPSA) is 41.1 Å². The Morgan fingerprint density at radius 2 is 1.63 bits per heavy atom. The van der Waals surface area contributed by atoms with E-state index in [4.69, 9.17) is 0 Å². The van der Waals surface area contributed by atoms with E-state index in [2.05, 4.69) is 41.2 Å². The molecule has 4 saturated carbocycles. The molecule has 0 atom stereocenters. The summed E-state index contributed by atoms with van der Waals surface area (Å²) in [6.45, 7) is 6.20. The van der Waals surface area contributed by atoms with Crippen molar-refractivity contribution in [2.45, 2.75) is 82.2 Å². The maximum Gasteiger partial charge on any atom is 0.240 e. The van der Waals surface area contributed by atoms with Crippen LogP contribution in [0.15, 0.2) is 29.2 Å². The number of carbonyl (C=O) groups excluding carboxylic acids is 1. The molecule has 3 nitrogen and oxygen atoms in total. The number of benzene rings is 1. The van der Waals surface area contributed by atoms with Crippen LogP contribution in [0.1, 0.15) is 64.9 Å². The molecule has 27 heavy (non-hydrogen) atoms. The first-order valence-electron chi connectivity index (χ1n) is 10.8. The van der Waals surface area contributed by atoms with Gasteiger partial charge in [0, 0.05) is 10.9 Å². The van der Waals surface area contributed by atoms with Gasteiger partial charge in [-0.3, -0.25) is 4.79 Å². The molecule has 4 heteroatoms. The van der Waals surface area contributed by atoms with Gasteiger partial charge in [0.15, 0.2) is 0 Å². The third-order valence-corrected chi connectivity index (χ3v) is 8.10. The quantitative estimate of drug-likeness (QED) is 0.651. The summed E-state index contributed by atoms with van der Waals surface area (Å²) < 4.78 is 3.40. The molecule has 1 amide bonds. The van der Waals surface area contributed by atoms with E-state index in [1.165, 1.54) is 44.1 Å². The Balaban J connectivity index is 1.32. The lowest BCUT2D eigenvalue weighted by Crippen LogP contribution is -2.60. The van der Waals surface area contributed by atoms with Crippen LogP contribution in [-0.2, 0) is 11.2 Å².